The molecule has 0 radical (unpaired) electrons. The Labute approximate surface area is 210 Å². The zero-order chi connectivity index (χ0) is 26.2. The summed E-state index contributed by atoms with van der Waals surface area (Å²) in [6, 6.07) is 3.23. The Morgan fingerprint density at radius 1 is 1.24 bits per heavy atom. The number of hydrogen-bond acceptors (Lipinski definition) is 8. The molecule has 10 nitrogen and oxygen atoms in total. The summed E-state index contributed by atoms with van der Waals surface area (Å²) in [5.74, 6) is 0.591. The van der Waals surface area contributed by atoms with Crippen LogP contribution in [0, 0.1) is 0 Å². The maximum Gasteiger partial charge on any atom is 0.420 e. The van der Waals surface area contributed by atoms with Gasteiger partial charge in [0.1, 0.15) is 22.7 Å². The zero-order valence-electron chi connectivity index (χ0n) is 20.5. The lowest BCUT2D eigenvalue weighted by Crippen LogP contribution is -2.20. The minimum absolute atomic E-state index is 0.00988. The van der Waals surface area contributed by atoms with Crippen LogP contribution < -0.4 is 10.1 Å². The number of fused-ring (bicyclic) bond motifs is 3. The van der Waals surface area contributed by atoms with Crippen molar-refractivity contribution in [1.82, 2.24) is 29.4 Å². The largest absolute Gasteiger partial charge is 0.492 e. The highest BCUT2D eigenvalue weighted by Crippen LogP contribution is 2.40. The first kappa shape index (κ1) is 25.2. The van der Waals surface area contributed by atoms with Gasteiger partial charge in [-0.2, -0.15) is 18.3 Å². The van der Waals surface area contributed by atoms with Gasteiger partial charge in [0.05, 0.1) is 23.7 Å². The van der Waals surface area contributed by atoms with Crippen LogP contribution in [0.1, 0.15) is 51.3 Å². The fourth-order valence-electron chi connectivity index (χ4n) is 4.47. The Hall–Kier alpha value is -3.45. The molecule has 2 N–H and O–H groups in total. The van der Waals surface area contributed by atoms with Crippen LogP contribution in [0.2, 0.25) is 0 Å². The van der Waals surface area contributed by atoms with E-state index >= 15 is 0 Å². The number of alkyl halides is 3. The number of pyridine rings is 1. The monoisotopic (exact) mass is 519 g/mol. The lowest BCUT2D eigenvalue weighted by molar-refractivity contribution is -0.137. The summed E-state index contributed by atoms with van der Waals surface area (Å²) < 4.78 is 57.1. The molecular weight excluding hydrogens is 491 g/mol. The molecular formula is C24H28F3N7O3. The molecule has 0 aromatic carbocycles. The summed E-state index contributed by atoms with van der Waals surface area (Å²) in [4.78, 5) is 8.16. The van der Waals surface area contributed by atoms with Gasteiger partial charge in [0, 0.05) is 25.5 Å². The molecule has 1 unspecified atom stereocenters. The second-order valence-electron chi connectivity index (χ2n) is 8.95. The van der Waals surface area contributed by atoms with Gasteiger partial charge in [0.25, 0.3) is 0 Å². The number of hydrogen-bond donors (Lipinski definition) is 2. The van der Waals surface area contributed by atoms with Crippen LogP contribution in [0.25, 0.3) is 27.9 Å². The predicted octanol–water partition coefficient (Wildman–Crippen LogP) is 4.44. The third kappa shape index (κ3) is 4.92. The number of rotatable bonds is 8. The van der Waals surface area contributed by atoms with E-state index in [2.05, 4.69) is 25.5 Å². The minimum atomic E-state index is -4.72. The second kappa shape index (κ2) is 10.1. The van der Waals surface area contributed by atoms with Gasteiger partial charge < -0.3 is 19.9 Å². The topological polar surface area (TPSA) is 112 Å². The number of nitrogens with one attached hydrogen (secondary N) is 1. The number of nitrogens with zero attached hydrogens (tertiary/aromatic N) is 6. The van der Waals surface area contributed by atoms with E-state index in [1.165, 1.54) is 0 Å². The van der Waals surface area contributed by atoms with Crippen molar-refractivity contribution in [1.29, 1.82) is 0 Å². The first-order valence-corrected chi connectivity index (χ1v) is 12.3. The van der Waals surface area contributed by atoms with E-state index in [0.29, 0.717) is 48.4 Å². The zero-order valence-corrected chi connectivity index (χ0v) is 20.5. The fourth-order valence-corrected chi connectivity index (χ4v) is 4.47. The molecule has 37 heavy (non-hydrogen) atoms. The van der Waals surface area contributed by atoms with E-state index < -0.39 is 18.0 Å². The summed E-state index contributed by atoms with van der Waals surface area (Å²) in [5.41, 5.74) is -0.370. The van der Waals surface area contributed by atoms with Crippen molar-refractivity contribution < 1.29 is 27.8 Å². The standard InChI is InChI=1S/C24H28F3N7O3/c1-3-36-15-7-8-17-19-21(31-34(18-6-4-5-11-37-18)22(19)32-33(17)13-15)20-16(24(25,26)27)12-28-23(30-20)29-14(2)9-10-35/h7-8,12-14,18,35H,3-6,9-11H2,1-2H3,(H,28,29,30)/t14-,18?/m0/s1. The van der Waals surface area contributed by atoms with E-state index in [4.69, 9.17) is 9.47 Å². The number of anilines is 1. The van der Waals surface area contributed by atoms with Crippen molar-refractivity contribution in [2.45, 2.75) is 58.0 Å². The number of aromatic nitrogens is 6. The van der Waals surface area contributed by atoms with Crippen molar-refractivity contribution in [3.05, 3.63) is 30.1 Å². The molecule has 5 rings (SSSR count). The maximum absolute atomic E-state index is 14.2. The molecule has 1 saturated heterocycles. The van der Waals surface area contributed by atoms with Crippen LogP contribution in [0.5, 0.6) is 5.75 Å². The lowest BCUT2D eigenvalue weighted by Gasteiger charge is -2.22. The SMILES string of the molecule is CCOc1ccc2c3c(-c4nc(N[C@@H](C)CCO)ncc4C(F)(F)F)nn(C4CCCCO4)c3nn2c1. The normalized spacial score (nSPS) is 17.4. The van der Waals surface area contributed by atoms with Crippen molar-refractivity contribution in [2.75, 3.05) is 25.1 Å². The van der Waals surface area contributed by atoms with Gasteiger partial charge in [-0.15, -0.1) is 5.10 Å². The molecule has 0 spiro atoms. The van der Waals surface area contributed by atoms with Crippen LogP contribution in [0.3, 0.4) is 0 Å². The fraction of sp³-hybridized carbons (Fsp3) is 0.500. The number of aliphatic hydroxyl groups is 1. The molecule has 5 heterocycles. The van der Waals surface area contributed by atoms with E-state index in [9.17, 15) is 18.3 Å². The predicted molar refractivity (Wildman–Crippen MR) is 129 cm³/mol. The molecule has 4 aromatic heterocycles. The number of halogens is 3. The van der Waals surface area contributed by atoms with Gasteiger partial charge in [0.2, 0.25) is 5.95 Å². The molecule has 198 valence electrons. The van der Waals surface area contributed by atoms with E-state index in [0.717, 1.165) is 19.0 Å². The molecule has 1 fully saturated rings. The molecule has 0 bridgehead atoms. The molecule has 0 aliphatic carbocycles. The van der Waals surface area contributed by atoms with E-state index in [-0.39, 0.29) is 30.0 Å². The molecule has 0 saturated carbocycles. The maximum atomic E-state index is 14.2. The van der Waals surface area contributed by atoms with Crippen LogP contribution >= 0.6 is 0 Å². The summed E-state index contributed by atoms with van der Waals surface area (Å²) in [7, 11) is 0. The molecule has 13 heteroatoms. The van der Waals surface area contributed by atoms with E-state index in [1.54, 1.807) is 34.5 Å². The van der Waals surface area contributed by atoms with Crippen LogP contribution in [0.15, 0.2) is 24.5 Å². The van der Waals surface area contributed by atoms with Gasteiger partial charge in [-0.3, -0.25) is 0 Å². The molecule has 4 aromatic rings. The minimum Gasteiger partial charge on any atom is -0.492 e. The Bertz CT molecular complexity index is 1400. The highest BCUT2D eigenvalue weighted by molar-refractivity contribution is 6.03. The lowest BCUT2D eigenvalue weighted by atomic mass is 10.1. The molecule has 1 aliphatic rings. The second-order valence-corrected chi connectivity index (χ2v) is 8.95. The van der Waals surface area contributed by atoms with Gasteiger partial charge in [-0.05, 0) is 51.7 Å². The van der Waals surface area contributed by atoms with Crippen LogP contribution in [-0.2, 0) is 10.9 Å². The van der Waals surface area contributed by atoms with Crippen molar-refractivity contribution in [3.63, 3.8) is 0 Å². The Kier molecular flexibility index (Phi) is 6.90. The van der Waals surface area contributed by atoms with Crippen molar-refractivity contribution in [3.8, 4) is 17.1 Å². The highest BCUT2D eigenvalue weighted by atomic mass is 19.4. The smallest absolute Gasteiger partial charge is 0.420 e. The molecule has 2 atom stereocenters. The van der Waals surface area contributed by atoms with Crippen molar-refractivity contribution >= 4 is 22.5 Å². The number of ether oxygens (including phenoxy) is 2. The van der Waals surface area contributed by atoms with E-state index in [1.807, 2.05) is 6.92 Å². The van der Waals surface area contributed by atoms with Gasteiger partial charge in [0.15, 0.2) is 11.9 Å². The van der Waals surface area contributed by atoms with Gasteiger partial charge in [-0.25, -0.2) is 19.2 Å². The molecule has 1 aliphatic heterocycles. The third-order valence-electron chi connectivity index (χ3n) is 6.24. The Morgan fingerprint density at radius 2 is 2.08 bits per heavy atom. The first-order valence-electron chi connectivity index (χ1n) is 12.3. The quantitative estimate of drug-likeness (QED) is 0.352. The Morgan fingerprint density at radius 3 is 2.78 bits per heavy atom. The number of aliphatic hydroxyl groups excluding tert-OH is 1. The van der Waals surface area contributed by atoms with Gasteiger partial charge in [-0.1, -0.05) is 0 Å². The van der Waals surface area contributed by atoms with Crippen LogP contribution in [0.4, 0.5) is 19.1 Å². The first-order chi connectivity index (χ1) is 17.8. The summed E-state index contributed by atoms with van der Waals surface area (Å²) in [6.07, 6.45) is 0.125. The summed E-state index contributed by atoms with van der Waals surface area (Å²) in [6.45, 7) is 4.55. The molecule has 0 amide bonds. The summed E-state index contributed by atoms with van der Waals surface area (Å²) in [5, 5.41) is 21.8. The van der Waals surface area contributed by atoms with Crippen molar-refractivity contribution in [2.24, 2.45) is 0 Å². The Balaban J connectivity index is 1.74. The third-order valence-corrected chi connectivity index (χ3v) is 6.24. The van der Waals surface area contributed by atoms with Gasteiger partial charge >= 0.3 is 6.18 Å². The van der Waals surface area contributed by atoms with Crippen LogP contribution in [-0.4, -0.2) is 60.3 Å². The summed E-state index contributed by atoms with van der Waals surface area (Å²) >= 11 is 0. The average molecular weight is 520 g/mol. The highest BCUT2D eigenvalue weighted by Gasteiger charge is 2.38. The average Bonchev–Trinajstić information content (AvgIpc) is 3.41.